The van der Waals surface area contributed by atoms with E-state index >= 15 is 0 Å². The van der Waals surface area contributed by atoms with Crippen LogP contribution in [0.4, 0.5) is 4.39 Å². The highest BCUT2D eigenvalue weighted by atomic mass is 35.5. The first-order chi connectivity index (χ1) is 11.6. The first kappa shape index (κ1) is 26.1. The summed E-state index contributed by atoms with van der Waals surface area (Å²) in [5.74, 6) is -0.438. The van der Waals surface area contributed by atoms with Crippen LogP contribution in [0, 0.1) is 11.2 Å². The van der Waals surface area contributed by atoms with Gasteiger partial charge in [-0.25, -0.2) is 4.39 Å². The van der Waals surface area contributed by atoms with E-state index in [4.69, 9.17) is 10.5 Å². The molecule has 1 amide bonds. The van der Waals surface area contributed by atoms with E-state index in [1.165, 1.54) is 12.1 Å². The van der Waals surface area contributed by atoms with E-state index in [9.17, 15) is 9.18 Å². The van der Waals surface area contributed by atoms with E-state index < -0.39 is 11.0 Å². The maximum Gasteiger partial charge on any atom is 0.240 e. The van der Waals surface area contributed by atoms with Crippen LogP contribution in [-0.2, 0) is 9.53 Å². The fourth-order valence-corrected chi connectivity index (χ4v) is 3.45. The number of likely N-dealkylation sites (N-methyl/N-ethyl adjacent to an activating group) is 1. The standard InChI is InChI=1S/C19H30FN3O2.2ClH/c1-6-25-16-11-19(21,18(16,2)3)17(24)22-12-15(23(4)5)13-7-9-14(20)10-8-13;;/h7-10,15-16H,6,11-12,21H2,1-5H3,(H,22,24);2*1H. The molecule has 2 rings (SSSR count). The van der Waals surface area contributed by atoms with Crippen LogP contribution < -0.4 is 11.1 Å². The molecule has 1 aromatic rings. The fraction of sp³-hybridized carbons (Fsp3) is 0.632. The monoisotopic (exact) mass is 423 g/mol. The minimum atomic E-state index is -0.938. The summed E-state index contributed by atoms with van der Waals surface area (Å²) in [7, 11) is 3.85. The van der Waals surface area contributed by atoms with Gasteiger partial charge in [-0.3, -0.25) is 4.79 Å². The summed E-state index contributed by atoms with van der Waals surface area (Å²) >= 11 is 0. The predicted molar refractivity (Wildman–Crippen MR) is 111 cm³/mol. The fourth-order valence-electron chi connectivity index (χ4n) is 3.45. The average molecular weight is 424 g/mol. The van der Waals surface area contributed by atoms with Gasteiger partial charge in [0.15, 0.2) is 0 Å². The third-order valence-corrected chi connectivity index (χ3v) is 5.57. The zero-order valence-corrected chi connectivity index (χ0v) is 18.3. The van der Waals surface area contributed by atoms with E-state index in [1.54, 1.807) is 12.1 Å². The molecule has 8 heteroatoms. The van der Waals surface area contributed by atoms with Crippen molar-refractivity contribution in [3.63, 3.8) is 0 Å². The second-order valence-corrected chi connectivity index (χ2v) is 7.58. The molecule has 27 heavy (non-hydrogen) atoms. The number of nitrogens with one attached hydrogen (secondary N) is 1. The molecule has 3 atom stereocenters. The Kier molecular flexibility index (Phi) is 9.69. The molecule has 1 aromatic carbocycles. The number of ether oxygens (including phenoxy) is 1. The quantitative estimate of drug-likeness (QED) is 0.707. The van der Waals surface area contributed by atoms with Crippen LogP contribution in [0.25, 0.3) is 0 Å². The Labute approximate surface area is 174 Å². The molecule has 0 aliphatic heterocycles. The van der Waals surface area contributed by atoms with Crippen LogP contribution in [0.5, 0.6) is 0 Å². The van der Waals surface area contributed by atoms with E-state index in [1.807, 2.05) is 39.8 Å². The Bertz CT molecular complexity index is 613. The third kappa shape index (κ3) is 5.12. The molecule has 156 valence electrons. The largest absolute Gasteiger partial charge is 0.378 e. The van der Waals surface area contributed by atoms with Crippen molar-refractivity contribution in [1.29, 1.82) is 0 Å². The van der Waals surface area contributed by atoms with Gasteiger partial charge in [0.05, 0.1) is 12.1 Å². The SMILES string of the molecule is CCOC1CC(N)(C(=O)NCC(c2ccc(F)cc2)N(C)C)C1(C)C.Cl.Cl. The first-order valence-corrected chi connectivity index (χ1v) is 8.74. The van der Waals surface area contributed by atoms with Crippen molar-refractivity contribution in [3.05, 3.63) is 35.6 Å². The molecule has 1 saturated carbocycles. The highest BCUT2D eigenvalue weighted by Crippen LogP contribution is 2.49. The lowest BCUT2D eigenvalue weighted by molar-refractivity contribution is -0.170. The van der Waals surface area contributed by atoms with Gasteiger partial charge in [0.2, 0.25) is 5.91 Å². The number of benzene rings is 1. The lowest BCUT2D eigenvalue weighted by Crippen LogP contribution is -2.76. The molecule has 0 bridgehead atoms. The zero-order valence-electron chi connectivity index (χ0n) is 16.6. The molecule has 0 radical (unpaired) electrons. The van der Waals surface area contributed by atoms with Gasteiger partial charge in [0.25, 0.3) is 0 Å². The summed E-state index contributed by atoms with van der Waals surface area (Å²) in [4.78, 5) is 14.7. The van der Waals surface area contributed by atoms with Gasteiger partial charge in [-0.05, 0) is 38.7 Å². The summed E-state index contributed by atoms with van der Waals surface area (Å²) in [6.45, 7) is 6.90. The molecule has 0 heterocycles. The summed E-state index contributed by atoms with van der Waals surface area (Å²) in [5, 5.41) is 2.98. The Morgan fingerprint density at radius 3 is 2.33 bits per heavy atom. The Balaban J connectivity index is 0.00000338. The molecule has 0 spiro atoms. The second kappa shape index (κ2) is 10.0. The Morgan fingerprint density at radius 1 is 1.33 bits per heavy atom. The van der Waals surface area contributed by atoms with Gasteiger partial charge in [-0.1, -0.05) is 26.0 Å². The van der Waals surface area contributed by atoms with Crippen molar-refractivity contribution in [1.82, 2.24) is 10.2 Å². The highest BCUT2D eigenvalue weighted by Gasteiger charge is 2.62. The van der Waals surface area contributed by atoms with E-state index in [-0.39, 0.29) is 48.7 Å². The molecule has 1 aliphatic rings. The van der Waals surface area contributed by atoms with Crippen LogP contribution >= 0.6 is 24.8 Å². The van der Waals surface area contributed by atoms with Crippen LogP contribution in [-0.4, -0.2) is 49.7 Å². The van der Waals surface area contributed by atoms with Crippen molar-refractivity contribution in [2.75, 3.05) is 27.2 Å². The lowest BCUT2D eigenvalue weighted by Gasteiger charge is -2.57. The molecule has 0 aromatic heterocycles. The summed E-state index contributed by atoms with van der Waals surface area (Å²) < 4.78 is 18.8. The van der Waals surface area contributed by atoms with Crippen LogP contribution in [0.1, 0.15) is 38.8 Å². The molecule has 1 aliphatic carbocycles. The van der Waals surface area contributed by atoms with Crippen molar-refractivity contribution < 1.29 is 13.9 Å². The number of nitrogens with two attached hydrogens (primary N) is 1. The minimum absolute atomic E-state index is 0. The number of rotatable bonds is 7. The van der Waals surface area contributed by atoms with Gasteiger partial charge in [-0.15, -0.1) is 24.8 Å². The Morgan fingerprint density at radius 2 is 1.89 bits per heavy atom. The molecule has 3 unspecified atom stereocenters. The van der Waals surface area contributed by atoms with Crippen molar-refractivity contribution in [2.45, 2.75) is 44.9 Å². The maximum absolute atomic E-state index is 13.1. The number of halogens is 3. The predicted octanol–water partition coefficient (Wildman–Crippen LogP) is 2.92. The van der Waals surface area contributed by atoms with Gasteiger partial charge in [0, 0.05) is 25.0 Å². The van der Waals surface area contributed by atoms with Crippen molar-refractivity contribution in [2.24, 2.45) is 11.1 Å². The normalized spacial score (nSPS) is 24.2. The van der Waals surface area contributed by atoms with Crippen molar-refractivity contribution >= 4 is 30.7 Å². The van der Waals surface area contributed by atoms with Gasteiger partial charge in [0.1, 0.15) is 11.4 Å². The number of amides is 1. The summed E-state index contributed by atoms with van der Waals surface area (Å²) in [6, 6.07) is 6.28. The van der Waals surface area contributed by atoms with Gasteiger partial charge >= 0.3 is 0 Å². The van der Waals surface area contributed by atoms with Crippen LogP contribution in [0.3, 0.4) is 0 Å². The zero-order chi connectivity index (χ0) is 18.8. The van der Waals surface area contributed by atoms with E-state index in [0.717, 1.165) is 5.56 Å². The number of hydrogen-bond acceptors (Lipinski definition) is 4. The topological polar surface area (TPSA) is 67.6 Å². The molecular weight excluding hydrogens is 392 g/mol. The van der Waals surface area contributed by atoms with E-state index in [0.29, 0.717) is 19.6 Å². The van der Waals surface area contributed by atoms with Gasteiger partial charge in [-0.2, -0.15) is 0 Å². The molecule has 5 nitrogen and oxygen atoms in total. The van der Waals surface area contributed by atoms with Crippen LogP contribution in [0.2, 0.25) is 0 Å². The number of nitrogens with zero attached hydrogens (tertiary/aromatic N) is 1. The van der Waals surface area contributed by atoms with Gasteiger partial charge < -0.3 is 20.7 Å². The molecular formula is C19H32Cl2FN3O2. The first-order valence-electron chi connectivity index (χ1n) is 8.74. The molecule has 3 N–H and O–H groups in total. The van der Waals surface area contributed by atoms with E-state index in [2.05, 4.69) is 5.32 Å². The maximum atomic E-state index is 13.1. The van der Waals surface area contributed by atoms with Crippen LogP contribution in [0.15, 0.2) is 24.3 Å². The molecule has 0 saturated heterocycles. The van der Waals surface area contributed by atoms with Crippen molar-refractivity contribution in [3.8, 4) is 0 Å². The molecule has 1 fully saturated rings. The summed E-state index contributed by atoms with van der Waals surface area (Å²) in [6.07, 6.45) is 0.512. The Hall–Kier alpha value is -0.920. The number of hydrogen-bond donors (Lipinski definition) is 2. The second-order valence-electron chi connectivity index (χ2n) is 7.58. The summed E-state index contributed by atoms with van der Waals surface area (Å²) in [5.41, 5.74) is 5.99. The minimum Gasteiger partial charge on any atom is -0.378 e. The lowest BCUT2D eigenvalue weighted by atomic mass is 9.54. The number of carbonyl (C=O) groups is 1. The third-order valence-electron chi connectivity index (χ3n) is 5.57. The number of carbonyl (C=O) groups excluding carboxylic acids is 1. The average Bonchev–Trinajstić information content (AvgIpc) is 2.55. The smallest absolute Gasteiger partial charge is 0.240 e. The highest BCUT2D eigenvalue weighted by molar-refractivity contribution is 5.88.